The molecule has 16 heavy (non-hydrogen) atoms. The Kier molecular flexibility index (Phi) is 3.22. The van der Waals surface area contributed by atoms with Gasteiger partial charge >= 0.3 is 0 Å². The second kappa shape index (κ2) is 4.63. The highest BCUT2D eigenvalue weighted by Gasteiger charge is 2.19. The normalized spacial score (nSPS) is 15.1. The quantitative estimate of drug-likeness (QED) is 0.477. The molecule has 0 radical (unpaired) electrons. The molecular weight excluding hydrogens is 281 g/mol. The highest BCUT2D eigenvalue weighted by atomic mass is 79.9. The number of rotatable bonds is 2. The van der Waals surface area contributed by atoms with Gasteiger partial charge in [0.05, 0.1) is 0 Å². The average Bonchev–Trinajstić information content (AvgIpc) is 2.28. The molecule has 2 rings (SSSR count). The fourth-order valence-electron chi connectivity index (χ4n) is 1.38. The van der Waals surface area contributed by atoms with Crippen LogP contribution in [0.5, 0.6) is 11.5 Å². The number of hydrogen-bond donors (Lipinski definition) is 0. The summed E-state index contributed by atoms with van der Waals surface area (Å²) >= 11 is 3.18. The summed E-state index contributed by atoms with van der Waals surface area (Å²) in [6, 6.07) is 3.06. The monoisotopic (exact) mass is 287 g/mol. The van der Waals surface area contributed by atoms with Crippen molar-refractivity contribution in [2.45, 2.75) is 6.30 Å². The Morgan fingerprint density at radius 3 is 2.62 bits per heavy atom. The van der Waals surface area contributed by atoms with Gasteiger partial charge in [0.2, 0.25) is 12.4 Å². The molecule has 1 aliphatic heterocycles. The van der Waals surface area contributed by atoms with Crippen LogP contribution >= 0.6 is 15.9 Å². The summed E-state index contributed by atoms with van der Waals surface area (Å²) in [4.78, 5) is 13.0. The number of isocyanates is 1. The predicted octanol–water partition coefficient (Wildman–Crippen LogP) is 2.52. The molecule has 0 bridgehead atoms. The summed E-state index contributed by atoms with van der Waals surface area (Å²) in [5.74, 6) is 0.998. The maximum absolute atomic E-state index is 13.4. The van der Waals surface area contributed by atoms with Crippen LogP contribution in [0.2, 0.25) is 0 Å². The van der Waals surface area contributed by atoms with Crippen LogP contribution in [0.3, 0.4) is 0 Å². The van der Waals surface area contributed by atoms with Gasteiger partial charge in [-0.05, 0) is 12.1 Å². The topological polar surface area (TPSA) is 47.9 Å². The number of halogens is 2. The van der Waals surface area contributed by atoms with Gasteiger partial charge < -0.3 is 9.47 Å². The number of alkyl halides is 1. The smallest absolute Gasteiger partial charge is 0.238 e. The summed E-state index contributed by atoms with van der Waals surface area (Å²) in [5, 5.41) is 0. The summed E-state index contributed by atoms with van der Waals surface area (Å²) in [6.45, 7) is 0.881. The summed E-state index contributed by atoms with van der Waals surface area (Å²) in [5.41, 5.74) is 0.215. The van der Waals surface area contributed by atoms with Crippen molar-refractivity contribution in [3.63, 3.8) is 0 Å². The largest absolute Gasteiger partial charge is 0.486 e. The van der Waals surface area contributed by atoms with Crippen LogP contribution in [0, 0.1) is 0 Å². The first kappa shape index (κ1) is 11.1. The molecule has 4 nitrogen and oxygen atoms in total. The van der Waals surface area contributed by atoms with Crippen LogP contribution in [0.15, 0.2) is 21.6 Å². The third kappa shape index (κ3) is 2.08. The number of ether oxygens (including phenoxy) is 2. The lowest BCUT2D eigenvalue weighted by Crippen LogP contribution is -2.15. The summed E-state index contributed by atoms with van der Waals surface area (Å²) < 4.78 is 24.5. The molecule has 0 aromatic heterocycles. The third-order valence-corrected chi connectivity index (χ3v) is 2.77. The maximum Gasteiger partial charge on any atom is 0.238 e. The van der Waals surface area contributed by atoms with Gasteiger partial charge in [0.1, 0.15) is 13.2 Å². The van der Waals surface area contributed by atoms with Crippen LogP contribution in [0.25, 0.3) is 0 Å². The maximum atomic E-state index is 13.4. The molecule has 0 amide bonds. The fourth-order valence-corrected chi connectivity index (χ4v) is 1.89. The Bertz CT molecular complexity index is 460. The standard InChI is InChI=1S/C10H7BrFNO3/c11-7-4-9-8(15-1-2-16-9)3-6(7)10(12)13-5-14/h3-4,10H,1-2H2. The predicted molar refractivity (Wildman–Crippen MR) is 57.1 cm³/mol. The molecule has 6 heteroatoms. The summed E-state index contributed by atoms with van der Waals surface area (Å²) in [6.07, 6.45) is -0.567. The first-order valence-corrected chi connectivity index (χ1v) is 5.32. The van der Waals surface area contributed by atoms with Gasteiger partial charge in [-0.1, -0.05) is 15.9 Å². The Morgan fingerprint density at radius 2 is 2.00 bits per heavy atom. The van der Waals surface area contributed by atoms with E-state index in [1.807, 2.05) is 0 Å². The zero-order valence-corrected chi connectivity index (χ0v) is 9.66. The van der Waals surface area contributed by atoms with E-state index in [2.05, 4.69) is 20.9 Å². The van der Waals surface area contributed by atoms with Gasteiger partial charge in [-0.25, -0.2) is 9.18 Å². The minimum atomic E-state index is -1.75. The third-order valence-electron chi connectivity index (χ3n) is 2.08. The molecule has 0 aliphatic carbocycles. The molecule has 84 valence electrons. The van der Waals surface area contributed by atoms with Crippen LogP contribution in [0.1, 0.15) is 11.9 Å². The average molecular weight is 288 g/mol. The Labute approximate surface area is 99.2 Å². The highest BCUT2D eigenvalue weighted by Crippen LogP contribution is 2.38. The molecule has 0 fully saturated rings. The van der Waals surface area contributed by atoms with Crippen molar-refractivity contribution in [2.24, 2.45) is 4.99 Å². The van der Waals surface area contributed by atoms with Crippen molar-refractivity contribution in [2.75, 3.05) is 13.2 Å². The van der Waals surface area contributed by atoms with E-state index in [0.29, 0.717) is 29.2 Å². The van der Waals surface area contributed by atoms with Gasteiger partial charge in [0.25, 0.3) is 0 Å². The van der Waals surface area contributed by atoms with Crippen molar-refractivity contribution in [1.29, 1.82) is 0 Å². The van der Waals surface area contributed by atoms with E-state index in [0.717, 1.165) is 0 Å². The van der Waals surface area contributed by atoms with Crippen molar-refractivity contribution in [1.82, 2.24) is 0 Å². The van der Waals surface area contributed by atoms with E-state index in [-0.39, 0.29) is 5.56 Å². The highest BCUT2D eigenvalue weighted by molar-refractivity contribution is 9.10. The second-order valence-electron chi connectivity index (χ2n) is 3.07. The van der Waals surface area contributed by atoms with E-state index in [4.69, 9.17) is 9.47 Å². The molecule has 1 unspecified atom stereocenters. The van der Waals surface area contributed by atoms with Crippen LogP contribution in [-0.4, -0.2) is 19.3 Å². The van der Waals surface area contributed by atoms with E-state index in [1.165, 1.54) is 12.1 Å². The van der Waals surface area contributed by atoms with Gasteiger partial charge in [0, 0.05) is 10.0 Å². The van der Waals surface area contributed by atoms with Crippen molar-refractivity contribution in [3.05, 3.63) is 22.2 Å². The molecule has 0 spiro atoms. The zero-order chi connectivity index (χ0) is 11.5. The molecule has 1 aliphatic rings. The number of nitrogens with zero attached hydrogens (tertiary/aromatic N) is 1. The van der Waals surface area contributed by atoms with Crippen LogP contribution in [0.4, 0.5) is 4.39 Å². The molecule has 0 N–H and O–H groups in total. The molecule has 1 aromatic rings. The number of hydrogen-bond acceptors (Lipinski definition) is 4. The first-order valence-electron chi connectivity index (χ1n) is 4.52. The molecule has 1 aromatic carbocycles. The molecule has 1 heterocycles. The first-order chi connectivity index (χ1) is 7.72. The van der Waals surface area contributed by atoms with E-state index in [9.17, 15) is 9.18 Å². The fraction of sp³-hybridized carbons (Fsp3) is 0.300. The zero-order valence-electron chi connectivity index (χ0n) is 8.07. The van der Waals surface area contributed by atoms with Crippen LogP contribution < -0.4 is 9.47 Å². The van der Waals surface area contributed by atoms with Crippen LogP contribution in [-0.2, 0) is 4.79 Å². The molecule has 0 saturated heterocycles. The van der Waals surface area contributed by atoms with Gasteiger partial charge in [-0.2, -0.15) is 4.99 Å². The van der Waals surface area contributed by atoms with E-state index >= 15 is 0 Å². The minimum Gasteiger partial charge on any atom is -0.486 e. The lowest BCUT2D eigenvalue weighted by atomic mass is 10.2. The van der Waals surface area contributed by atoms with Crippen molar-refractivity contribution < 1.29 is 18.7 Å². The Hall–Kier alpha value is -1.39. The SMILES string of the molecule is O=C=NC(F)c1cc2c(cc1Br)OCCO2. The van der Waals surface area contributed by atoms with Gasteiger partial charge in [-0.15, -0.1) is 0 Å². The lowest BCUT2D eigenvalue weighted by molar-refractivity contribution is 0.170. The molecule has 0 saturated carbocycles. The number of aliphatic imine (C=N–C) groups is 1. The number of benzene rings is 1. The minimum absolute atomic E-state index is 0.215. The summed E-state index contributed by atoms with van der Waals surface area (Å²) in [7, 11) is 0. The second-order valence-corrected chi connectivity index (χ2v) is 3.93. The number of fused-ring (bicyclic) bond motifs is 1. The lowest BCUT2D eigenvalue weighted by Gasteiger charge is -2.19. The van der Waals surface area contributed by atoms with Gasteiger partial charge in [0.15, 0.2) is 11.5 Å². The molecule has 1 atom stereocenters. The van der Waals surface area contributed by atoms with Gasteiger partial charge in [-0.3, -0.25) is 0 Å². The Morgan fingerprint density at radius 1 is 1.38 bits per heavy atom. The van der Waals surface area contributed by atoms with Crippen molar-refractivity contribution in [3.8, 4) is 11.5 Å². The van der Waals surface area contributed by atoms with Crippen molar-refractivity contribution >= 4 is 22.0 Å². The Balaban J connectivity index is 2.42. The van der Waals surface area contributed by atoms with E-state index in [1.54, 1.807) is 6.07 Å². The molecular formula is C10H7BrFNO3. The van der Waals surface area contributed by atoms with E-state index < -0.39 is 6.30 Å². The number of carbonyl (C=O) groups excluding carboxylic acids is 1.